The summed E-state index contributed by atoms with van der Waals surface area (Å²) in [5, 5.41) is 0. The van der Waals surface area contributed by atoms with Gasteiger partial charge in [-0.15, -0.1) is 0 Å². The summed E-state index contributed by atoms with van der Waals surface area (Å²) in [6, 6.07) is 8.21. The van der Waals surface area contributed by atoms with Crippen LogP contribution in [0, 0.1) is 0 Å². The number of rotatable bonds is 2. The van der Waals surface area contributed by atoms with E-state index in [4.69, 9.17) is 4.74 Å². The van der Waals surface area contributed by atoms with Gasteiger partial charge in [-0.05, 0) is 24.0 Å². The first-order valence-corrected chi connectivity index (χ1v) is 9.09. The normalized spacial score (nSPS) is 27.5. The van der Waals surface area contributed by atoms with Crippen LogP contribution in [0.2, 0.25) is 0 Å². The number of amides is 2. The molecule has 2 atom stereocenters. The number of carbonyl (C=O) groups excluding carboxylic acids is 2. The van der Waals surface area contributed by atoms with Gasteiger partial charge in [-0.1, -0.05) is 24.3 Å². The quantitative estimate of drug-likeness (QED) is 0.785. The second-order valence-corrected chi connectivity index (χ2v) is 7.20. The Morgan fingerprint density at radius 2 is 1.96 bits per heavy atom. The molecule has 2 amide bonds. The molecular weight excluding hydrogens is 318 g/mol. The van der Waals surface area contributed by atoms with Crippen molar-refractivity contribution >= 4 is 11.8 Å². The molecule has 1 aromatic rings. The Morgan fingerprint density at radius 1 is 1.16 bits per heavy atom. The van der Waals surface area contributed by atoms with Crippen molar-refractivity contribution in [1.29, 1.82) is 0 Å². The molecule has 0 spiro atoms. The van der Waals surface area contributed by atoms with Gasteiger partial charge in [0.15, 0.2) is 0 Å². The van der Waals surface area contributed by atoms with Gasteiger partial charge in [-0.3, -0.25) is 14.5 Å². The van der Waals surface area contributed by atoms with Crippen molar-refractivity contribution in [1.82, 2.24) is 14.7 Å². The lowest BCUT2D eigenvalue weighted by Gasteiger charge is -2.38. The molecule has 0 N–H and O–H groups in total. The van der Waals surface area contributed by atoms with Crippen molar-refractivity contribution in [3.8, 4) is 0 Å². The van der Waals surface area contributed by atoms with Crippen LogP contribution in [0.3, 0.4) is 0 Å². The van der Waals surface area contributed by atoms with Crippen molar-refractivity contribution in [2.24, 2.45) is 0 Å². The van der Waals surface area contributed by atoms with Gasteiger partial charge in [0.05, 0.1) is 12.6 Å². The van der Waals surface area contributed by atoms with Crippen molar-refractivity contribution in [3.63, 3.8) is 0 Å². The Bertz CT molecular complexity index is 678. The van der Waals surface area contributed by atoms with Crippen molar-refractivity contribution in [2.75, 3.05) is 39.8 Å². The summed E-state index contributed by atoms with van der Waals surface area (Å²) in [6.45, 7) is 3.93. The Morgan fingerprint density at radius 3 is 2.72 bits per heavy atom. The third-order valence-corrected chi connectivity index (χ3v) is 5.66. The Kier molecular flexibility index (Phi) is 4.48. The summed E-state index contributed by atoms with van der Waals surface area (Å²) >= 11 is 0. The zero-order valence-corrected chi connectivity index (χ0v) is 14.7. The van der Waals surface area contributed by atoms with E-state index in [0.29, 0.717) is 19.7 Å². The van der Waals surface area contributed by atoms with Gasteiger partial charge in [0, 0.05) is 39.8 Å². The van der Waals surface area contributed by atoms with Gasteiger partial charge in [0.2, 0.25) is 5.91 Å². The maximum atomic E-state index is 12.9. The summed E-state index contributed by atoms with van der Waals surface area (Å²) < 4.78 is 5.78. The van der Waals surface area contributed by atoms with Gasteiger partial charge in [-0.2, -0.15) is 0 Å². The van der Waals surface area contributed by atoms with Crippen LogP contribution in [0.25, 0.3) is 0 Å². The molecule has 3 aliphatic heterocycles. The molecule has 2 saturated heterocycles. The minimum atomic E-state index is -0.460. The van der Waals surface area contributed by atoms with E-state index in [-0.39, 0.29) is 17.9 Å². The lowest BCUT2D eigenvalue weighted by atomic mass is 9.99. The number of ether oxygens (including phenoxy) is 1. The fourth-order valence-corrected chi connectivity index (χ4v) is 4.13. The molecule has 0 aromatic heterocycles. The molecule has 0 aliphatic carbocycles. The molecule has 4 rings (SSSR count). The predicted molar refractivity (Wildman–Crippen MR) is 92.9 cm³/mol. The fraction of sp³-hybridized carbons (Fsp3) is 0.579. The number of likely N-dealkylation sites (N-methyl/N-ethyl adjacent to an activating group) is 1. The molecule has 1 aromatic carbocycles. The Hall–Kier alpha value is -1.92. The maximum absolute atomic E-state index is 12.9. The average Bonchev–Trinajstić information content (AvgIpc) is 2.99. The number of carbonyl (C=O) groups is 2. The molecule has 134 valence electrons. The topological polar surface area (TPSA) is 53.1 Å². The Balaban J connectivity index is 1.42. The number of hydrogen-bond donors (Lipinski definition) is 0. The van der Waals surface area contributed by atoms with E-state index in [1.807, 2.05) is 24.1 Å². The second kappa shape index (κ2) is 6.77. The molecular formula is C19H25N3O3. The zero-order valence-electron chi connectivity index (χ0n) is 14.7. The van der Waals surface area contributed by atoms with Crippen LogP contribution >= 0.6 is 0 Å². The van der Waals surface area contributed by atoms with Gasteiger partial charge in [0.25, 0.3) is 5.91 Å². The maximum Gasteiger partial charge on any atom is 0.253 e. The summed E-state index contributed by atoms with van der Waals surface area (Å²) in [7, 11) is 1.84. The molecule has 3 heterocycles. The largest absolute Gasteiger partial charge is 0.366 e. The van der Waals surface area contributed by atoms with Gasteiger partial charge in [-0.25, -0.2) is 0 Å². The Labute approximate surface area is 148 Å². The van der Waals surface area contributed by atoms with Crippen LogP contribution in [0.4, 0.5) is 0 Å². The highest BCUT2D eigenvalue weighted by Gasteiger charge is 2.39. The van der Waals surface area contributed by atoms with Crippen LogP contribution in [0.1, 0.15) is 17.5 Å². The van der Waals surface area contributed by atoms with E-state index in [9.17, 15) is 9.59 Å². The highest BCUT2D eigenvalue weighted by Crippen LogP contribution is 2.22. The number of hydrogen-bond acceptors (Lipinski definition) is 4. The molecule has 3 aliphatic rings. The minimum Gasteiger partial charge on any atom is -0.366 e. The molecule has 25 heavy (non-hydrogen) atoms. The summed E-state index contributed by atoms with van der Waals surface area (Å²) in [4.78, 5) is 31.0. The van der Waals surface area contributed by atoms with Crippen molar-refractivity contribution < 1.29 is 14.3 Å². The predicted octanol–water partition coefficient (Wildman–Crippen LogP) is 0.503. The van der Waals surface area contributed by atoms with Crippen LogP contribution in [0.5, 0.6) is 0 Å². The van der Waals surface area contributed by atoms with Crippen molar-refractivity contribution in [2.45, 2.75) is 31.5 Å². The molecule has 6 nitrogen and oxygen atoms in total. The number of nitrogens with zero attached hydrogens (tertiary/aromatic N) is 3. The molecule has 0 bridgehead atoms. The highest BCUT2D eigenvalue weighted by molar-refractivity contribution is 5.84. The first kappa shape index (κ1) is 16.5. The average molecular weight is 343 g/mol. The van der Waals surface area contributed by atoms with E-state index >= 15 is 0 Å². The summed E-state index contributed by atoms with van der Waals surface area (Å²) in [5.41, 5.74) is 2.56. The van der Waals surface area contributed by atoms with E-state index in [1.54, 1.807) is 4.90 Å². The fourth-order valence-electron chi connectivity index (χ4n) is 4.13. The monoisotopic (exact) mass is 343 g/mol. The smallest absolute Gasteiger partial charge is 0.253 e. The molecule has 0 radical (unpaired) electrons. The first-order chi connectivity index (χ1) is 12.1. The zero-order chi connectivity index (χ0) is 17.4. The first-order valence-electron chi connectivity index (χ1n) is 9.09. The lowest BCUT2D eigenvalue weighted by Crippen LogP contribution is -2.55. The standard InChI is InChI=1S/C19H25N3O3/c1-20-8-7-16(18(20)23)21-10-11-25-17(13-21)19(24)22-9-6-14-4-2-3-5-15(14)12-22/h2-5,16-17H,6-13H2,1H3. The van der Waals surface area contributed by atoms with Crippen molar-refractivity contribution in [3.05, 3.63) is 35.4 Å². The SMILES string of the molecule is CN1CCC(N2CCOC(C(=O)N3CCc4ccccc4C3)C2)C1=O. The van der Waals surface area contributed by atoms with Crippen LogP contribution in [0.15, 0.2) is 24.3 Å². The van der Waals surface area contributed by atoms with Crippen LogP contribution in [-0.2, 0) is 27.3 Å². The van der Waals surface area contributed by atoms with E-state index in [1.165, 1.54) is 11.1 Å². The van der Waals surface area contributed by atoms with E-state index in [0.717, 1.165) is 32.5 Å². The summed E-state index contributed by atoms with van der Waals surface area (Å²) in [5.74, 6) is 0.220. The third kappa shape index (κ3) is 3.16. The molecule has 2 unspecified atom stereocenters. The number of fused-ring (bicyclic) bond motifs is 1. The van der Waals surface area contributed by atoms with E-state index in [2.05, 4.69) is 17.0 Å². The molecule has 0 saturated carbocycles. The van der Waals surface area contributed by atoms with E-state index < -0.39 is 6.10 Å². The lowest BCUT2D eigenvalue weighted by molar-refractivity contribution is -0.153. The van der Waals surface area contributed by atoms with Gasteiger partial charge < -0.3 is 14.5 Å². The highest BCUT2D eigenvalue weighted by atomic mass is 16.5. The second-order valence-electron chi connectivity index (χ2n) is 7.20. The van der Waals surface area contributed by atoms with Crippen LogP contribution in [-0.4, -0.2) is 78.5 Å². The van der Waals surface area contributed by atoms with Crippen LogP contribution < -0.4 is 0 Å². The summed E-state index contributed by atoms with van der Waals surface area (Å²) in [6.07, 6.45) is 1.27. The van der Waals surface area contributed by atoms with Gasteiger partial charge in [0.1, 0.15) is 6.10 Å². The molecule has 2 fully saturated rings. The number of morpholine rings is 1. The third-order valence-electron chi connectivity index (χ3n) is 5.66. The van der Waals surface area contributed by atoms with Gasteiger partial charge >= 0.3 is 0 Å². The minimum absolute atomic E-state index is 0.0537. The number of likely N-dealkylation sites (tertiary alicyclic amines) is 1. The molecule has 6 heteroatoms. The number of benzene rings is 1.